The van der Waals surface area contributed by atoms with Crippen molar-refractivity contribution in [3.63, 3.8) is 0 Å². The van der Waals surface area contributed by atoms with Crippen molar-refractivity contribution in [1.29, 1.82) is 0 Å². The van der Waals surface area contributed by atoms with E-state index in [1.807, 2.05) is 13.8 Å². The molecule has 1 nitrogen and oxygen atoms in total. The SMILES string of the molecule is CC(C)CC(=O)C(C)C.CCC.CCC. The highest BCUT2D eigenvalue weighted by atomic mass is 16.1. The molecule has 0 fully saturated rings. The average Bonchev–Trinajstić information content (AvgIpc) is 2.05. The molecule has 0 bridgehead atoms. The Bertz CT molecular complexity index is 113. The number of carbonyl (C=O) groups excluding carboxylic acids is 1. The van der Waals surface area contributed by atoms with E-state index in [0.717, 1.165) is 6.42 Å². The molecule has 1 heteroatoms. The number of hydrogen-bond donors (Lipinski definition) is 0. The molecule has 0 saturated carbocycles. The first-order chi connectivity index (χ1) is 6.87. The normalized spacial score (nSPS) is 8.93. The Morgan fingerprint density at radius 1 is 0.867 bits per heavy atom. The molecule has 0 aliphatic rings. The van der Waals surface area contributed by atoms with Gasteiger partial charge in [0.2, 0.25) is 0 Å². The molecule has 0 aliphatic carbocycles. The van der Waals surface area contributed by atoms with Crippen molar-refractivity contribution in [1.82, 2.24) is 0 Å². The van der Waals surface area contributed by atoms with Crippen LogP contribution in [0.1, 0.15) is 74.7 Å². The second-order valence-corrected chi connectivity index (χ2v) is 4.63. The third-order valence-electron chi connectivity index (χ3n) is 1.25. The Morgan fingerprint density at radius 3 is 1.20 bits per heavy atom. The zero-order chi connectivity index (χ0) is 12.9. The molecule has 94 valence electrons. The van der Waals surface area contributed by atoms with Gasteiger partial charge in [-0.2, -0.15) is 0 Å². The zero-order valence-corrected chi connectivity index (χ0v) is 12.2. The van der Waals surface area contributed by atoms with Gasteiger partial charge in [-0.15, -0.1) is 0 Å². The average molecular weight is 216 g/mol. The quantitative estimate of drug-likeness (QED) is 0.642. The Kier molecular flexibility index (Phi) is 21.6. The zero-order valence-electron chi connectivity index (χ0n) is 12.2. The van der Waals surface area contributed by atoms with Gasteiger partial charge in [-0.1, -0.05) is 68.2 Å². The maximum atomic E-state index is 11.0. The molecule has 0 unspecified atom stereocenters. The van der Waals surface area contributed by atoms with E-state index in [4.69, 9.17) is 0 Å². The second kappa shape index (κ2) is 16.1. The molecule has 0 aromatic rings. The molecule has 0 rings (SSSR count). The number of carbonyl (C=O) groups is 1. The van der Waals surface area contributed by atoms with Crippen LogP contribution in [0.2, 0.25) is 0 Å². The van der Waals surface area contributed by atoms with Gasteiger partial charge in [0.15, 0.2) is 0 Å². The highest BCUT2D eigenvalue weighted by Crippen LogP contribution is 2.06. The Balaban J connectivity index is -0.000000200. The van der Waals surface area contributed by atoms with Gasteiger partial charge in [-0.05, 0) is 5.92 Å². The van der Waals surface area contributed by atoms with Crippen molar-refractivity contribution < 1.29 is 4.79 Å². The fourth-order valence-electron chi connectivity index (χ4n) is 0.638. The van der Waals surface area contributed by atoms with Gasteiger partial charge < -0.3 is 0 Å². The van der Waals surface area contributed by atoms with Crippen LogP contribution in [0.15, 0.2) is 0 Å². The summed E-state index contributed by atoms with van der Waals surface area (Å²) in [4.78, 5) is 11.0. The third-order valence-corrected chi connectivity index (χ3v) is 1.25. The van der Waals surface area contributed by atoms with Crippen LogP contribution in [0.3, 0.4) is 0 Å². The summed E-state index contributed by atoms with van der Waals surface area (Å²) in [6.45, 7) is 16.5. The first-order valence-electron chi connectivity index (χ1n) is 6.39. The Morgan fingerprint density at radius 2 is 1.13 bits per heavy atom. The summed E-state index contributed by atoms with van der Waals surface area (Å²) < 4.78 is 0. The molecular weight excluding hydrogens is 184 g/mol. The molecule has 0 heterocycles. The summed E-state index contributed by atoms with van der Waals surface area (Å²) in [5.41, 5.74) is 0. The molecule has 0 saturated heterocycles. The molecular formula is C14H32O. The Labute approximate surface area is 97.7 Å². The van der Waals surface area contributed by atoms with Gasteiger partial charge in [0, 0.05) is 12.3 Å². The van der Waals surface area contributed by atoms with E-state index in [1.54, 1.807) is 0 Å². The number of rotatable bonds is 3. The number of ketones is 1. The van der Waals surface area contributed by atoms with E-state index in [9.17, 15) is 4.79 Å². The smallest absolute Gasteiger partial charge is 0.135 e. The summed E-state index contributed by atoms with van der Waals surface area (Å²) in [6.07, 6.45) is 3.23. The monoisotopic (exact) mass is 216 g/mol. The number of hydrogen-bond acceptors (Lipinski definition) is 1. The third kappa shape index (κ3) is 31.6. The van der Waals surface area contributed by atoms with E-state index in [1.165, 1.54) is 12.8 Å². The van der Waals surface area contributed by atoms with Gasteiger partial charge in [-0.25, -0.2) is 0 Å². The van der Waals surface area contributed by atoms with Crippen LogP contribution in [0, 0.1) is 11.8 Å². The molecule has 0 aromatic heterocycles. The van der Waals surface area contributed by atoms with Crippen LogP contribution in [0.4, 0.5) is 0 Å². The first kappa shape index (κ1) is 20.1. The van der Waals surface area contributed by atoms with Crippen molar-refractivity contribution in [2.75, 3.05) is 0 Å². The van der Waals surface area contributed by atoms with Gasteiger partial charge in [0.1, 0.15) is 5.78 Å². The van der Waals surface area contributed by atoms with Crippen molar-refractivity contribution in [3.8, 4) is 0 Å². The molecule has 0 radical (unpaired) electrons. The van der Waals surface area contributed by atoms with Gasteiger partial charge in [0.25, 0.3) is 0 Å². The highest BCUT2D eigenvalue weighted by molar-refractivity contribution is 5.80. The second-order valence-electron chi connectivity index (χ2n) is 4.63. The standard InChI is InChI=1S/C8H16O.2C3H8/c1-6(2)5-8(9)7(3)4;2*1-3-2/h6-7H,5H2,1-4H3;2*3H2,1-2H3. The molecule has 0 atom stereocenters. The Hall–Kier alpha value is -0.330. The van der Waals surface area contributed by atoms with Crippen molar-refractivity contribution >= 4 is 5.78 Å². The van der Waals surface area contributed by atoms with Crippen molar-refractivity contribution in [3.05, 3.63) is 0 Å². The summed E-state index contributed by atoms with van der Waals surface area (Å²) in [5.74, 6) is 1.11. The van der Waals surface area contributed by atoms with E-state index in [2.05, 4.69) is 41.5 Å². The van der Waals surface area contributed by atoms with E-state index < -0.39 is 0 Å². The van der Waals surface area contributed by atoms with E-state index >= 15 is 0 Å². The summed E-state index contributed by atoms with van der Waals surface area (Å²) in [5, 5.41) is 0. The van der Waals surface area contributed by atoms with Crippen LogP contribution >= 0.6 is 0 Å². The molecule has 0 N–H and O–H groups in total. The molecule has 0 amide bonds. The van der Waals surface area contributed by atoms with Crippen LogP contribution in [-0.4, -0.2) is 5.78 Å². The van der Waals surface area contributed by atoms with Crippen LogP contribution in [-0.2, 0) is 4.79 Å². The minimum atomic E-state index is 0.215. The van der Waals surface area contributed by atoms with Crippen molar-refractivity contribution in [2.24, 2.45) is 11.8 Å². The van der Waals surface area contributed by atoms with E-state index in [-0.39, 0.29) is 5.92 Å². The summed E-state index contributed by atoms with van der Waals surface area (Å²) in [6, 6.07) is 0. The largest absolute Gasteiger partial charge is 0.299 e. The maximum Gasteiger partial charge on any atom is 0.135 e. The molecule has 0 aliphatic heterocycles. The fraction of sp³-hybridized carbons (Fsp3) is 0.929. The lowest BCUT2D eigenvalue weighted by Crippen LogP contribution is -2.09. The van der Waals surface area contributed by atoms with E-state index in [0.29, 0.717) is 11.7 Å². The molecule has 0 spiro atoms. The lowest BCUT2D eigenvalue weighted by atomic mass is 9.99. The minimum absolute atomic E-state index is 0.215. The first-order valence-corrected chi connectivity index (χ1v) is 6.39. The fourth-order valence-corrected chi connectivity index (χ4v) is 0.638. The summed E-state index contributed by atoms with van der Waals surface area (Å²) in [7, 11) is 0. The van der Waals surface area contributed by atoms with Gasteiger partial charge >= 0.3 is 0 Å². The highest BCUT2D eigenvalue weighted by Gasteiger charge is 2.07. The summed E-state index contributed by atoms with van der Waals surface area (Å²) >= 11 is 0. The van der Waals surface area contributed by atoms with Crippen LogP contribution < -0.4 is 0 Å². The number of Topliss-reactive ketones (excluding diaryl/α,β-unsaturated/α-hetero) is 1. The lowest BCUT2D eigenvalue weighted by molar-refractivity contribution is -0.122. The van der Waals surface area contributed by atoms with Gasteiger partial charge in [0.05, 0.1) is 0 Å². The van der Waals surface area contributed by atoms with Gasteiger partial charge in [-0.3, -0.25) is 4.79 Å². The predicted molar refractivity (Wildman–Crippen MR) is 71.2 cm³/mol. The lowest BCUT2D eigenvalue weighted by Gasteiger charge is -2.05. The van der Waals surface area contributed by atoms with Crippen molar-refractivity contribution in [2.45, 2.75) is 74.7 Å². The minimum Gasteiger partial charge on any atom is -0.299 e. The predicted octanol–water partition coefficient (Wildman–Crippen LogP) is 5.09. The molecule has 15 heavy (non-hydrogen) atoms. The van der Waals surface area contributed by atoms with Crippen LogP contribution in [0.5, 0.6) is 0 Å². The van der Waals surface area contributed by atoms with Crippen LogP contribution in [0.25, 0.3) is 0 Å². The molecule has 0 aromatic carbocycles. The topological polar surface area (TPSA) is 17.1 Å². The maximum absolute atomic E-state index is 11.0.